The Bertz CT molecular complexity index is 226. The highest BCUT2D eigenvalue weighted by molar-refractivity contribution is 8.03. The molecule has 0 radical (unpaired) electrons. The van der Waals surface area contributed by atoms with Crippen molar-refractivity contribution in [3.63, 3.8) is 0 Å². The monoisotopic (exact) mass is 478 g/mol. The van der Waals surface area contributed by atoms with Gasteiger partial charge in [-0.15, -0.1) is 0 Å². The van der Waals surface area contributed by atoms with Crippen LogP contribution >= 0.6 is 72.3 Å². The number of ether oxygens (including phenoxy) is 2. The lowest BCUT2D eigenvalue weighted by atomic mass is 10.4. The smallest absolute Gasteiger partial charge is 0.0700 e. The fourth-order valence-electron chi connectivity index (χ4n) is 1.83. The van der Waals surface area contributed by atoms with Gasteiger partial charge in [-0.1, -0.05) is 0 Å². The highest BCUT2D eigenvalue weighted by Gasteiger charge is 1.95. The van der Waals surface area contributed by atoms with E-state index in [0.717, 1.165) is 49.4 Å². The summed E-state index contributed by atoms with van der Waals surface area (Å²) in [6.07, 6.45) is 5.08. The first-order chi connectivity index (χ1) is 12.9. The van der Waals surface area contributed by atoms with Crippen LogP contribution in [0.15, 0.2) is 0 Å². The normalized spacial score (nSPS) is 11.3. The van der Waals surface area contributed by atoms with Gasteiger partial charge in [-0.05, 0) is 60.2 Å². The van der Waals surface area contributed by atoms with Crippen molar-refractivity contribution in [3.05, 3.63) is 0 Å². The first kappa shape index (κ1) is 28.0. The second kappa shape index (κ2) is 27.0. The molecule has 0 fully saturated rings. The minimum Gasteiger partial charge on any atom is -0.378 e. The van der Waals surface area contributed by atoms with Crippen molar-refractivity contribution in [2.75, 3.05) is 84.0 Å². The maximum absolute atomic E-state index is 5.61. The van der Waals surface area contributed by atoms with Gasteiger partial charge in [0.25, 0.3) is 0 Å². The van der Waals surface area contributed by atoms with E-state index >= 15 is 0 Å². The maximum atomic E-state index is 5.61. The molecule has 0 aliphatic rings. The van der Waals surface area contributed by atoms with Crippen LogP contribution in [0.2, 0.25) is 0 Å². The van der Waals surface area contributed by atoms with Crippen LogP contribution < -0.4 is 0 Å². The van der Waals surface area contributed by atoms with Gasteiger partial charge in [-0.25, -0.2) is 0 Å². The fourth-order valence-corrected chi connectivity index (χ4v) is 6.29. The quantitative estimate of drug-likeness (QED) is 0.151. The summed E-state index contributed by atoms with van der Waals surface area (Å²) < 4.78 is 11.2. The van der Waals surface area contributed by atoms with Crippen LogP contribution in [0.3, 0.4) is 0 Å². The minimum absolute atomic E-state index is 0.728. The molecule has 0 rings (SSSR count). The Kier molecular flexibility index (Phi) is 29.1. The minimum atomic E-state index is 0.728. The molecule has 0 aliphatic heterocycles. The van der Waals surface area contributed by atoms with Crippen LogP contribution in [0.25, 0.3) is 0 Å². The van der Waals surface area contributed by atoms with Gasteiger partial charge in [0.2, 0.25) is 0 Å². The molecule has 158 valence electrons. The molecule has 0 bridgehead atoms. The number of thiol groups is 2. The van der Waals surface area contributed by atoms with E-state index in [1.54, 1.807) is 0 Å². The van der Waals surface area contributed by atoms with Crippen molar-refractivity contribution in [2.24, 2.45) is 0 Å². The van der Waals surface area contributed by atoms with E-state index in [9.17, 15) is 0 Å². The zero-order valence-corrected chi connectivity index (χ0v) is 21.1. The molecule has 0 aliphatic carbocycles. The zero-order chi connectivity index (χ0) is 19.0. The third kappa shape index (κ3) is 26.0. The van der Waals surface area contributed by atoms with Crippen molar-refractivity contribution in [1.82, 2.24) is 0 Å². The lowest BCUT2D eigenvalue weighted by Gasteiger charge is -2.06. The first-order valence-corrected chi connectivity index (χ1v) is 15.5. The number of unbranched alkanes of at least 4 members (excludes halogenated alkanes) is 1. The highest BCUT2D eigenvalue weighted by Crippen LogP contribution is 2.10. The Balaban J connectivity index is 2.95. The van der Waals surface area contributed by atoms with E-state index in [4.69, 9.17) is 9.47 Å². The lowest BCUT2D eigenvalue weighted by molar-refractivity contribution is 0.0605. The first-order valence-electron chi connectivity index (χ1n) is 9.60. The second-order valence-corrected chi connectivity index (χ2v) is 11.3. The van der Waals surface area contributed by atoms with Gasteiger partial charge >= 0.3 is 0 Å². The number of thioether (sulfide) groups is 4. The Morgan fingerprint density at radius 3 is 1.50 bits per heavy atom. The summed E-state index contributed by atoms with van der Waals surface area (Å²) in [5.41, 5.74) is 0. The lowest BCUT2D eigenvalue weighted by Crippen LogP contribution is -2.08. The van der Waals surface area contributed by atoms with Gasteiger partial charge in [0.15, 0.2) is 0 Å². The molecule has 0 unspecified atom stereocenters. The molecule has 0 N–H and O–H groups in total. The summed E-state index contributed by atoms with van der Waals surface area (Å²) >= 11 is 16.6. The average molecular weight is 479 g/mol. The largest absolute Gasteiger partial charge is 0.378 e. The number of hydrogen-bond acceptors (Lipinski definition) is 8. The van der Waals surface area contributed by atoms with Gasteiger partial charge < -0.3 is 9.47 Å². The molecule has 8 heteroatoms. The predicted molar refractivity (Wildman–Crippen MR) is 137 cm³/mol. The van der Waals surface area contributed by atoms with Crippen LogP contribution in [0, 0.1) is 0 Å². The predicted octanol–water partition coefficient (Wildman–Crippen LogP) is 5.37. The molecule has 0 amide bonds. The van der Waals surface area contributed by atoms with E-state index in [0.29, 0.717) is 0 Å². The molecular weight excluding hydrogens is 441 g/mol. The van der Waals surface area contributed by atoms with Gasteiger partial charge in [0, 0.05) is 23.0 Å². The average Bonchev–Trinajstić information content (AvgIpc) is 2.66. The molecule has 0 aromatic rings. The maximum Gasteiger partial charge on any atom is 0.0700 e. The SMILES string of the molecule is SCCCCSCCSCCOCCOCCSCCCSCCCS. The van der Waals surface area contributed by atoms with Crippen molar-refractivity contribution in [2.45, 2.75) is 25.7 Å². The van der Waals surface area contributed by atoms with Gasteiger partial charge in [-0.2, -0.15) is 72.3 Å². The van der Waals surface area contributed by atoms with E-state index in [2.05, 4.69) is 48.8 Å². The molecular formula is C18H38O2S6. The fraction of sp³-hybridized carbons (Fsp3) is 1.00. The topological polar surface area (TPSA) is 18.5 Å². The van der Waals surface area contributed by atoms with Crippen molar-refractivity contribution in [1.29, 1.82) is 0 Å². The molecule has 0 heterocycles. The van der Waals surface area contributed by atoms with E-state index in [1.807, 2.05) is 23.5 Å². The molecule has 0 spiro atoms. The Morgan fingerprint density at radius 1 is 0.423 bits per heavy atom. The molecule has 26 heavy (non-hydrogen) atoms. The summed E-state index contributed by atoms with van der Waals surface area (Å²) in [7, 11) is 0. The molecule has 0 aromatic carbocycles. The van der Waals surface area contributed by atoms with Crippen molar-refractivity contribution in [3.8, 4) is 0 Å². The van der Waals surface area contributed by atoms with Crippen molar-refractivity contribution < 1.29 is 9.47 Å². The Labute approximate surface area is 190 Å². The third-order valence-corrected chi connectivity index (χ3v) is 8.31. The van der Waals surface area contributed by atoms with Gasteiger partial charge in [0.05, 0.1) is 26.4 Å². The Morgan fingerprint density at radius 2 is 0.885 bits per heavy atom. The second-order valence-electron chi connectivity index (χ2n) is 5.54. The van der Waals surface area contributed by atoms with E-state index < -0.39 is 0 Å². The molecule has 0 atom stereocenters. The van der Waals surface area contributed by atoms with Gasteiger partial charge in [-0.3, -0.25) is 0 Å². The summed E-state index contributed by atoms with van der Waals surface area (Å²) in [6.45, 7) is 3.15. The van der Waals surface area contributed by atoms with Gasteiger partial charge in [0.1, 0.15) is 0 Å². The third-order valence-electron chi connectivity index (χ3n) is 3.21. The van der Waals surface area contributed by atoms with Crippen LogP contribution in [0.4, 0.5) is 0 Å². The molecule has 0 saturated heterocycles. The summed E-state index contributed by atoms with van der Waals surface area (Å²) in [5, 5.41) is 0. The summed E-state index contributed by atoms with van der Waals surface area (Å²) in [4.78, 5) is 0. The van der Waals surface area contributed by atoms with Crippen LogP contribution in [-0.4, -0.2) is 84.0 Å². The van der Waals surface area contributed by atoms with Crippen LogP contribution in [-0.2, 0) is 9.47 Å². The van der Waals surface area contributed by atoms with Crippen LogP contribution in [0.1, 0.15) is 25.7 Å². The van der Waals surface area contributed by atoms with Crippen molar-refractivity contribution >= 4 is 72.3 Å². The van der Waals surface area contributed by atoms with Crippen LogP contribution in [0.5, 0.6) is 0 Å². The van der Waals surface area contributed by atoms with E-state index in [-0.39, 0.29) is 0 Å². The Hall–Kier alpha value is 2.02. The number of hydrogen-bond donors (Lipinski definition) is 2. The zero-order valence-electron chi connectivity index (χ0n) is 16.1. The van der Waals surface area contributed by atoms with E-state index in [1.165, 1.54) is 60.2 Å². The summed E-state index contributed by atoms with van der Waals surface area (Å²) in [6, 6.07) is 0. The molecule has 2 nitrogen and oxygen atoms in total. The molecule has 0 saturated carbocycles. The molecule has 0 aromatic heterocycles. The number of rotatable bonds is 23. The summed E-state index contributed by atoms with van der Waals surface area (Å²) in [5.74, 6) is 11.8. The standard InChI is InChI=1S/C18H38O2S6/c21-9-1-2-11-25-17-18-26-16-8-20-6-5-19-7-15-24-14-4-13-23-12-3-10-22/h21-22H,1-18H2. The highest BCUT2D eigenvalue weighted by atomic mass is 32.2.